The highest BCUT2D eigenvalue weighted by Gasteiger charge is 2.12. The summed E-state index contributed by atoms with van der Waals surface area (Å²) in [6, 6.07) is 20.7. The van der Waals surface area contributed by atoms with Crippen LogP contribution in [-0.4, -0.2) is 5.97 Å². The Kier molecular flexibility index (Phi) is 3.52. The lowest BCUT2D eigenvalue weighted by Crippen LogP contribution is -2.09. The molecule has 102 valence electrons. The molecule has 2 heteroatoms. The van der Waals surface area contributed by atoms with E-state index in [1.54, 1.807) is 24.3 Å². The molecule has 3 aromatic carbocycles. The summed E-state index contributed by atoms with van der Waals surface area (Å²) >= 11 is 0. The Bertz CT molecular complexity index is 813. The number of ether oxygens (including phenoxy) is 1. The summed E-state index contributed by atoms with van der Waals surface area (Å²) in [5, 5.41) is 1.91. The van der Waals surface area contributed by atoms with Crippen molar-refractivity contribution in [3.63, 3.8) is 0 Å². The van der Waals surface area contributed by atoms with Crippen molar-refractivity contribution in [3.8, 4) is 5.75 Å². The molecular weight excluding hydrogens is 260 g/mol. The van der Waals surface area contributed by atoms with Crippen molar-refractivity contribution in [1.82, 2.24) is 0 Å². The zero-order valence-electron chi connectivity index (χ0n) is 11.5. The maximum atomic E-state index is 12.4. The first-order valence-corrected chi connectivity index (χ1v) is 6.70. The van der Waals surface area contributed by atoms with Gasteiger partial charge in [0.1, 0.15) is 5.75 Å². The smallest absolute Gasteiger partial charge is 0.344 e. The van der Waals surface area contributed by atoms with Crippen LogP contribution < -0.4 is 4.74 Å². The zero-order chi connectivity index (χ0) is 14.7. The fourth-order valence-electron chi connectivity index (χ4n) is 2.27. The third kappa shape index (κ3) is 2.70. The van der Waals surface area contributed by atoms with Crippen molar-refractivity contribution in [1.29, 1.82) is 0 Å². The number of hydrogen-bond acceptors (Lipinski definition) is 2. The Morgan fingerprint density at radius 2 is 1.71 bits per heavy atom. The van der Waals surface area contributed by atoms with E-state index in [-0.39, 0.29) is 5.97 Å². The van der Waals surface area contributed by atoms with Gasteiger partial charge in [0.15, 0.2) is 0 Å². The molecule has 21 heavy (non-hydrogen) atoms. The van der Waals surface area contributed by atoms with Gasteiger partial charge in [-0.05, 0) is 34.5 Å². The van der Waals surface area contributed by atoms with E-state index in [4.69, 9.17) is 4.74 Å². The molecule has 2 nitrogen and oxygen atoms in total. The van der Waals surface area contributed by atoms with Crippen LogP contribution in [0.4, 0.5) is 0 Å². The number of carbonyl (C=O) groups excluding carboxylic acids is 1. The van der Waals surface area contributed by atoms with E-state index >= 15 is 0 Å². The molecule has 0 bridgehead atoms. The highest BCUT2D eigenvalue weighted by Crippen LogP contribution is 2.21. The maximum Gasteiger partial charge on any atom is 0.344 e. The lowest BCUT2D eigenvalue weighted by Gasteiger charge is -2.07. The summed E-state index contributed by atoms with van der Waals surface area (Å²) in [6.45, 7) is 3.71. The second kappa shape index (κ2) is 5.63. The molecule has 0 spiro atoms. The Labute approximate surface area is 123 Å². The molecule has 0 heterocycles. The van der Waals surface area contributed by atoms with Crippen molar-refractivity contribution in [2.45, 2.75) is 0 Å². The normalized spacial score (nSPS) is 10.3. The van der Waals surface area contributed by atoms with Crippen molar-refractivity contribution >= 4 is 22.8 Å². The highest BCUT2D eigenvalue weighted by atomic mass is 16.5. The lowest BCUT2D eigenvalue weighted by atomic mass is 10.0. The van der Waals surface area contributed by atoms with Crippen LogP contribution >= 0.6 is 0 Å². The fourth-order valence-corrected chi connectivity index (χ4v) is 2.27. The molecule has 3 rings (SSSR count). The Hall–Kier alpha value is -2.87. The fraction of sp³-hybridized carbons (Fsp3) is 0. The van der Waals surface area contributed by atoms with Gasteiger partial charge in [0.05, 0.1) is 5.56 Å². The molecule has 0 unspecified atom stereocenters. The number of benzene rings is 3. The van der Waals surface area contributed by atoms with Gasteiger partial charge in [-0.1, -0.05) is 61.2 Å². The lowest BCUT2D eigenvalue weighted by molar-refractivity contribution is 0.0737. The summed E-state index contributed by atoms with van der Waals surface area (Å²) in [7, 11) is 0. The molecule has 0 aliphatic rings. The van der Waals surface area contributed by atoms with Crippen LogP contribution in [0.15, 0.2) is 73.3 Å². The Balaban J connectivity index is 1.95. The zero-order valence-corrected chi connectivity index (χ0v) is 11.5. The number of esters is 1. The molecule has 0 aliphatic heterocycles. The molecule has 0 aliphatic carbocycles. The van der Waals surface area contributed by atoms with Gasteiger partial charge < -0.3 is 4.74 Å². The minimum atomic E-state index is -0.354. The van der Waals surface area contributed by atoms with Crippen molar-refractivity contribution < 1.29 is 9.53 Å². The monoisotopic (exact) mass is 274 g/mol. The van der Waals surface area contributed by atoms with E-state index in [2.05, 4.69) is 6.58 Å². The van der Waals surface area contributed by atoms with Gasteiger partial charge in [0, 0.05) is 0 Å². The van der Waals surface area contributed by atoms with Crippen LogP contribution in [-0.2, 0) is 0 Å². The molecule has 0 saturated carbocycles. The third-order valence-electron chi connectivity index (χ3n) is 3.31. The predicted molar refractivity (Wildman–Crippen MR) is 85.4 cm³/mol. The average molecular weight is 274 g/mol. The van der Waals surface area contributed by atoms with Crippen molar-refractivity contribution in [2.24, 2.45) is 0 Å². The van der Waals surface area contributed by atoms with Crippen molar-refractivity contribution in [3.05, 3.63) is 84.4 Å². The second-order valence-corrected chi connectivity index (χ2v) is 4.69. The van der Waals surface area contributed by atoms with Crippen LogP contribution in [0.3, 0.4) is 0 Å². The second-order valence-electron chi connectivity index (χ2n) is 4.69. The molecule has 0 fully saturated rings. The van der Waals surface area contributed by atoms with Crippen molar-refractivity contribution in [2.75, 3.05) is 0 Å². The van der Waals surface area contributed by atoms with Gasteiger partial charge in [0.2, 0.25) is 0 Å². The highest BCUT2D eigenvalue weighted by molar-refractivity contribution is 6.05. The van der Waals surface area contributed by atoms with E-state index in [0.717, 1.165) is 16.3 Å². The quantitative estimate of drug-likeness (QED) is 0.511. The minimum Gasteiger partial charge on any atom is -0.423 e. The van der Waals surface area contributed by atoms with E-state index in [1.807, 2.05) is 48.5 Å². The molecule has 0 amide bonds. The van der Waals surface area contributed by atoms with Gasteiger partial charge in [0.25, 0.3) is 0 Å². The SMILES string of the molecule is C=Cc1cccc(OC(=O)c2cccc3ccccc23)c1. The summed E-state index contributed by atoms with van der Waals surface area (Å²) in [5.74, 6) is 0.165. The summed E-state index contributed by atoms with van der Waals surface area (Å²) in [6.07, 6.45) is 1.72. The average Bonchev–Trinajstić information content (AvgIpc) is 2.54. The van der Waals surface area contributed by atoms with Crippen LogP contribution in [0.5, 0.6) is 5.75 Å². The van der Waals surface area contributed by atoms with Crippen LogP contribution in [0.1, 0.15) is 15.9 Å². The Morgan fingerprint density at radius 1 is 0.952 bits per heavy atom. The first-order chi connectivity index (χ1) is 10.3. The van der Waals surface area contributed by atoms with Gasteiger partial charge in [-0.15, -0.1) is 0 Å². The maximum absolute atomic E-state index is 12.4. The van der Waals surface area contributed by atoms with Gasteiger partial charge in [-0.25, -0.2) is 4.79 Å². The number of carbonyl (C=O) groups is 1. The molecule has 0 aromatic heterocycles. The van der Waals surface area contributed by atoms with Gasteiger partial charge in [-0.3, -0.25) is 0 Å². The molecular formula is C19H14O2. The molecule has 0 atom stereocenters. The molecule has 0 saturated heterocycles. The van der Waals surface area contributed by atoms with E-state index < -0.39 is 0 Å². The minimum absolute atomic E-state index is 0.354. The summed E-state index contributed by atoms with van der Waals surface area (Å²) < 4.78 is 5.46. The van der Waals surface area contributed by atoms with Crippen LogP contribution in [0, 0.1) is 0 Å². The largest absolute Gasteiger partial charge is 0.423 e. The van der Waals surface area contributed by atoms with Crippen LogP contribution in [0.25, 0.3) is 16.8 Å². The standard InChI is InChI=1S/C19H14O2/c1-2-14-7-5-10-16(13-14)21-19(20)18-12-6-9-15-8-3-4-11-17(15)18/h2-13H,1H2. The van der Waals surface area contributed by atoms with Gasteiger partial charge in [-0.2, -0.15) is 0 Å². The number of hydrogen-bond donors (Lipinski definition) is 0. The number of fused-ring (bicyclic) bond motifs is 1. The van der Waals surface area contributed by atoms with E-state index in [9.17, 15) is 4.79 Å². The predicted octanol–water partition coefficient (Wildman–Crippen LogP) is 4.70. The molecule has 0 N–H and O–H groups in total. The van der Waals surface area contributed by atoms with Gasteiger partial charge >= 0.3 is 5.97 Å². The first kappa shape index (κ1) is 13.1. The van der Waals surface area contributed by atoms with E-state index in [1.165, 1.54) is 0 Å². The van der Waals surface area contributed by atoms with E-state index in [0.29, 0.717) is 11.3 Å². The molecule has 0 radical (unpaired) electrons. The summed E-state index contributed by atoms with van der Waals surface area (Å²) in [5.41, 5.74) is 1.48. The Morgan fingerprint density at radius 3 is 2.57 bits per heavy atom. The van der Waals surface area contributed by atoms with Crippen LogP contribution in [0.2, 0.25) is 0 Å². The topological polar surface area (TPSA) is 26.3 Å². The summed E-state index contributed by atoms with van der Waals surface area (Å²) in [4.78, 5) is 12.4. The molecule has 3 aromatic rings. The third-order valence-corrected chi connectivity index (χ3v) is 3.31. The number of rotatable bonds is 3. The first-order valence-electron chi connectivity index (χ1n) is 6.70.